The Bertz CT molecular complexity index is 825. The van der Waals surface area contributed by atoms with Gasteiger partial charge in [-0.05, 0) is 36.6 Å². The van der Waals surface area contributed by atoms with Crippen molar-refractivity contribution < 1.29 is 17.6 Å². The van der Waals surface area contributed by atoms with Crippen molar-refractivity contribution in [3.63, 3.8) is 0 Å². The summed E-state index contributed by atoms with van der Waals surface area (Å²) in [6, 6.07) is 7.02. The summed E-state index contributed by atoms with van der Waals surface area (Å²) in [4.78, 5) is 14.0. The number of carbonyl (C=O) groups excluding carboxylic acids is 1. The highest BCUT2D eigenvalue weighted by Crippen LogP contribution is 2.23. The summed E-state index contributed by atoms with van der Waals surface area (Å²) in [6.07, 6.45) is 1.97. The first-order chi connectivity index (χ1) is 11.5. The van der Waals surface area contributed by atoms with E-state index in [9.17, 15) is 17.6 Å². The molecular formula is C16H17FN2O3S2. The van der Waals surface area contributed by atoms with Crippen molar-refractivity contribution in [2.24, 2.45) is 0 Å². The summed E-state index contributed by atoms with van der Waals surface area (Å²) in [7, 11) is -3.70. The molecule has 1 N–H and O–H groups in total. The van der Waals surface area contributed by atoms with Gasteiger partial charge in [-0.2, -0.15) is 0 Å². The van der Waals surface area contributed by atoms with Crippen LogP contribution < -0.4 is 4.72 Å². The zero-order chi connectivity index (χ0) is 17.2. The number of thiophene rings is 1. The summed E-state index contributed by atoms with van der Waals surface area (Å²) in [5, 5.41) is 1.58. The third-order valence-corrected chi connectivity index (χ3v) is 6.70. The first kappa shape index (κ1) is 17.1. The average molecular weight is 368 g/mol. The zero-order valence-corrected chi connectivity index (χ0v) is 14.5. The van der Waals surface area contributed by atoms with Crippen molar-refractivity contribution in [3.05, 3.63) is 52.7 Å². The monoisotopic (exact) mass is 368 g/mol. The van der Waals surface area contributed by atoms with E-state index >= 15 is 0 Å². The zero-order valence-electron chi connectivity index (χ0n) is 12.9. The average Bonchev–Trinajstić information content (AvgIpc) is 3.25. The first-order valence-electron chi connectivity index (χ1n) is 7.58. The predicted molar refractivity (Wildman–Crippen MR) is 89.9 cm³/mol. The maximum atomic E-state index is 12.9. The van der Waals surface area contributed by atoms with Crippen molar-refractivity contribution in [2.75, 3.05) is 13.1 Å². The highest BCUT2D eigenvalue weighted by molar-refractivity contribution is 7.91. The van der Waals surface area contributed by atoms with Crippen molar-refractivity contribution in [1.29, 1.82) is 0 Å². The molecule has 1 aromatic carbocycles. The van der Waals surface area contributed by atoms with E-state index in [-0.39, 0.29) is 22.5 Å². The van der Waals surface area contributed by atoms with E-state index in [0.717, 1.165) is 37.3 Å². The van der Waals surface area contributed by atoms with E-state index in [1.165, 1.54) is 30.3 Å². The minimum Gasteiger partial charge on any atom is -0.339 e. The minimum absolute atomic E-state index is 0.0654. The lowest BCUT2D eigenvalue weighted by molar-refractivity contribution is 0.0793. The van der Waals surface area contributed by atoms with Crippen LogP contribution >= 0.6 is 11.3 Å². The number of nitrogens with zero attached hydrogens (tertiary/aromatic N) is 1. The summed E-state index contributed by atoms with van der Waals surface area (Å²) >= 11 is 1.02. The number of halogens is 1. The van der Waals surface area contributed by atoms with Crippen molar-refractivity contribution in [3.8, 4) is 0 Å². The fourth-order valence-corrected chi connectivity index (χ4v) is 4.74. The highest BCUT2D eigenvalue weighted by Gasteiger charge is 2.23. The molecule has 0 atom stereocenters. The molecule has 2 aromatic rings. The van der Waals surface area contributed by atoms with Gasteiger partial charge in [0.2, 0.25) is 10.0 Å². The predicted octanol–water partition coefficient (Wildman–Crippen LogP) is 2.60. The van der Waals surface area contributed by atoms with E-state index in [2.05, 4.69) is 4.72 Å². The normalized spacial score (nSPS) is 15.0. The fraction of sp³-hybridized carbons (Fsp3) is 0.312. The second-order valence-corrected chi connectivity index (χ2v) is 8.51. The van der Waals surface area contributed by atoms with Crippen LogP contribution in [-0.4, -0.2) is 32.3 Å². The van der Waals surface area contributed by atoms with Crippen LogP contribution in [0.25, 0.3) is 0 Å². The maximum absolute atomic E-state index is 12.9. The number of carbonyl (C=O) groups is 1. The minimum atomic E-state index is -3.70. The number of likely N-dealkylation sites (tertiary alicyclic amines) is 1. The molecule has 0 bridgehead atoms. The van der Waals surface area contributed by atoms with E-state index in [4.69, 9.17) is 0 Å². The van der Waals surface area contributed by atoms with Gasteiger partial charge in [0.05, 0.1) is 5.56 Å². The van der Waals surface area contributed by atoms with E-state index in [1.807, 2.05) is 0 Å². The molecule has 1 aromatic heterocycles. The van der Waals surface area contributed by atoms with Crippen LogP contribution in [0, 0.1) is 5.82 Å². The highest BCUT2D eigenvalue weighted by atomic mass is 32.2. The Hall–Kier alpha value is -1.77. The largest absolute Gasteiger partial charge is 0.339 e. The molecule has 0 aliphatic carbocycles. The van der Waals surface area contributed by atoms with Gasteiger partial charge in [0.15, 0.2) is 0 Å². The molecule has 0 radical (unpaired) electrons. The van der Waals surface area contributed by atoms with Crippen molar-refractivity contribution in [1.82, 2.24) is 9.62 Å². The van der Waals surface area contributed by atoms with Crippen molar-refractivity contribution >= 4 is 27.3 Å². The van der Waals surface area contributed by atoms with Gasteiger partial charge in [-0.15, -0.1) is 11.3 Å². The number of nitrogens with one attached hydrogen (secondary N) is 1. The lowest BCUT2D eigenvalue weighted by Gasteiger charge is -2.13. The Morgan fingerprint density at radius 3 is 2.54 bits per heavy atom. The second-order valence-electron chi connectivity index (χ2n) is 5.60. The summed E-state index contributed by atoms with van der Waals surface area (Å²) in [5.74, 6) is -0.492. The molecule has 5 nitrogen and oxygen atoms in total. The standard InChI is InChI=1S/C16H17FN2O3S2/c17-14-5-3-12(4-6-14)10-18-24(21,22)15-9-13(11-23-15)16(20)19-7-1-2-8-19/h3-6,9,11,18H,1-2,7-8,10H2. The van der Waals surface area contributed by atoms with Crippen LogP contribution in [0.2, 0.25) is 0 Å². The number of hydrogen-bond donors (Lipinski definition) is 1. The van der Waals surface area contributed by atoms with Gasteiger partial charge in [-0.1, -0.05) is 12.1 Å². The van der Waals surface area contributed by atoms with E-state index < -0.39 is 10.0 Å². The van der Waals surface area contributed by atoms with Gasteiger partial charge in [0.1, 0.15) is 10.0 Å². The molecule has 8 heteroatoms. The molecule has 2 heterocycles. The van der Waals surface area contributed by atoms with E-state index in [1.54, 1.807) is 10.3 Å². The van der Waals surface area contributed by atoms with Crippen LogP contribution in [0.5, 0.6) is 0 Å². The van der Waals surface area contributed by atoms with Crippen LogP contribution in [0.3, 0.4) is 0 Å². The van der Waals surface area contributed by atoms with Crippen molar-refractivity contribution in [2.45, 2.75) is 23.6 Å². The van der Waals surface area contributed by atoms with Crippen LogP contribution in [0.1, 0.15) is 28.8 Å². The Labute approximate surface area is 144 Å². The van der Waals surface area contributed by atoms with Gasteiger partial charge < -0.3 is 4.90 Å². The lowest BCUT2D eigenvalue weighted by atomic mass is 10.2. The van der Waals surface area contributed by atoms with Gasteiger partial charge in [0.25, 0.3) is 5.91 Å². The molecule has 128 valence electrons. The maximum Gasteiger partial charge on any atom is 0.254 e. The summed E-state index contributed by atoms with van der Waals surface area (Å²) < 4.78 is 40.1. The van der Waals surface area contributed by atoms with Crippen LogP contribution in [0.15, 0.2) is 39.9 Å². The van der Waals surface area contributed by atoms with Gasteiger partial charge in [-0.25, -0.2) is 17.5 Å². The topological polar surface area (TPSA) is 66.5 Å². The molecule has 1 amide bonds. The number of sulfonamides is 1. The molecule has 24 heavy (non-hydrogen) atoms. The molecule has 1 fully saturated rings. The number of benzene rings is 1. The quantitative estimate of drug-likeness (QED) is 0.882. The number of hydrogen-bond acceptors (Lipinski definition) is 4. The Kier molecular flexibility index (Phi) is 4.98. The third-order valence-electron chi connectivity index (χ3n) is 3.86. The second kappa shape index (κ2) is 7.00. The van der Waals surface area contributed by atoms with Gasteiger partial charge in [0, 0.05) is 25.0 Å². The first-order valence-corrected chi connectivity index (χ1v) is 9.94. The van der Waals surface area contributed by atoms with Gasteiger partial charge >= 0.3 is 0 Å². The Balaban J connectivity index is 1.68. The molecule has 3 rings (SSSR count). The Morgan fingerprint density at radius 1 is 1.21 bits per heavy atom. The molecule has 0 saturated carbocycles. The molecular weight excluding hydrogens is 351 g/mol. The smallest absolute Gasteiger partial charge is 0.254 e. The number of rotatable bonds is 5. The molecule has 1 aliphatic rings. The van der Waals surface area contributed by atoms with E-state index in [0.29, 0.717) is 11.1 Å². The molecule has 1 saturated heterocycles. The molecule has 0 spiro atoms. The summed E-state index contributed by atoms with van der Waals surface area (Å²) in [5.41, 5.74) is 1.06. The molecule has 1 aliphatic heterocycles. The Morgan fingerprint density at radius 2 is 1.88 bits per heavy atom. The van der Waals surface area contributed by atoms with Gasteiger partial charge in [-0.3, -0.25) is 4.79 Å². The van der Waals surface area contributed by atoms with Crippen LogP contribution in [0.4, 0.5) is 4.39 Å². The fourth-order valence-electron chi connectivity index (χ4n) is 2.52. The summed E-state index contributed by atoms with van der Waals surface area (Å²) in [6.45, 7) is 1.51. The SMILES string of the molecule is O=C(c1csc(S(=O)(=O)NCc2ccc(F)cc2)c1)N1CCCC1. The lowest BCUT2D eigenvalue weighted by Crippen LogP contribution is -2.27. The third kappa shape index (κ3) is 3.82. The molecule has 0 unspecified atom stereocenters. The number of amides is 1. The van der Waals surface area contributed by atoms with Crippen LogP contribution in [-0.2, 0) is 16.6 Å².